The fraction of sp³-hybridized carbons (Fsp3) is 0.727. The van der Waals surface area contributed by atoms with Crippen molar-refractivity contribution in [3.05, 3.63) is 33.4 Å². The van der Waals surface area contributed by atoms with Crippen LogP contribution in [0.3, 0.4) is 0 Å². The molecule has 1 aromatic rings. The standard InChI is InChI=1S/C22H34N2O3/c1-4-8-16(2)19-15-17(3)20(22(26)27-19)21(25)24-13-11-23(12-14-24)18-9-6-5-7-10-18/h15-16,18H,4-14H2,1-3H3. The molecule has 1 atom stereocenters. The van der Waals surface area contributed by atoms with Gasteiger partial charge in [0.15, 0.2) is 0 Å². The van der Waals surface area contributed by atoms with Gasteiger partial charge in [0.2, 0.25) is 0 Å². The molecule has 0 aromatic carbocycles. The summed E-state index contributed by atoms with van der Waals surface area (Å²) >= 11 is 0. The van der Waals surface area contributed by atoms with E-state index in [4.69, 9.17) is 4.42 Å². The predicted octanol–water partition coefficient (Wildman–Crippen LogP) is 3.94. The van der Waals surface area contributed by atoms with E-state index in [-0.39, 0.29) is 17.4 Å². The highest BCUT2D eigenvalue weighted by atomic mass is 16.4. The number of nitrogens with zero attached hydrogens (tertiary/aromatic N) is 2. The summed E-state index contributed by atoms with van der Waals surface area (Å²) in [6.45, 7) is 9.24. The lowest BCUT2D eigenvalue weighted by Crippen LogP contribution is -2.52. The molecule has 1 aliphatic carbocycles. The molecule has 27 heavy (non-hydrogen) atoms. The fourth-order valence-corrected chi connectivity index (χ4v) is 4.60. The molecule has 0 spiro atoms. The first-order valence-electron chi connectivity index (χ1n) is 10.7. The van der Waals surface area contributed by atoms with E-state index in [2.05, 4.69) is 18.7 Å². The predicted molar refractivity (Wildman–Crippen MR) is 107 cm³/mol. The van der Waals surface area contributed by atoms with Gasteiger partial charge in [-0.25, -0.2) is 4.79 Å². The van der Waals surface area contributed by atoms with Crippen LogP contribution in [0.1, 0.15) is 86.4 Å². The quantitative estimate of drug-likeness (QED) is 0.783. The molecule has 1 aliphatic heterocycles. The van der Waals surface area contributed by atoms with Crippen molar-refractivity contribution in [3.8, 4) is 0 Å². The maximum Gasteiger partial charge on any atom is 0.349 e. The zero-order valence-corrected chi connectivity index (χ0v) is 17.1. The van der Waals surface area contributed by atoms with Gasteiger partial charge in [-0.1, -0.05) is 39.5 Å². The molecule has 0 bridgehead atoms. The zero-order valence-electron chi connectivity index (χ0n) is 17.1. The number of rotatable bonds is 5. The Hall–Kier alpha value is -1.62. The highest BCUT2D eigenvalue weighted by Crippen LogP contribution is 2.24. The van der Waals surface area contributed by atoms with Crippen LogP contribution in [-0.4, -0.2) is 47.9 Å². The minimum atomic E-state index is -0.479. The van der Waals surface area contributed by atoms with Crippen LogP contribution in [0.15, 0.2) is 15.3 Å². The van der Waals surface area contributed by atoms with Crippen LogP contribution in [0.2, 0.25) is 0 Å². The molecule has 1 aromatic heterocycles. The van der Waals surface area contributed by atoms with Gasteiger partial charge in [-0.3, -0.25) is 9.69 Å². The number of piperazine rings is 1. The lowest BCUT2D eigenvalue weighted by atomic mass is 9.94. The van der Waals surface area contributed by atoms with E-state index in [0.717, 1.165) is 31.5 Å². The summed E-state index contributed by atoms with van der Waals surface area (Å²) in [6, 6.07) is 2.56. The van der Waals surface area contributed by atoms with Crippen LogP contribution in [0.5, 0.6) is 0 Å². The molecular formula is C22H34N2O3. The lowest BCUT2D eigenvalue weighted by Gasteiger charge is -2.40. The largest absolute Gasteiger partial charge is 0.427 e. The summed E-state index contributed by atoms with van der Waals surface area (Å²) in [5, 5.41) is 0. The van der Waals surface area contributed by atoms with Gasteiger partial charge < -0.3 is 9.32 Å². The number of hydrogen-bond acceptors (Lipinski definition) is 4. The number of carbonyl (C=O) groups excluding carboxylic acids is 1. The maximum absolute atomic E-state index is 13.0. The molecule has 3 rings (SSSR count). The molecule has 1 unspecified atom stereocenters. The summed E-state index contributed by atoms with van der Waals surface area (Å²) in [5.74, 6) is 0.724. The van der Waals surface area contributed by atoms with Crippen molar-refractivity contribution < 1.29 is 9.21 Å². The van der Waals surface area contributed by atoms with E-state index in [0.29, 0.717) is 24.9 Å². The van der Waals surface area contributed by atoms with E-state index in [1.807, 2.05) is 17.9 Å². The first-order valence-corrected chi connectivity index (χ1v) is 10.7. The first-order chi connectivity index (χ1) is 13.0. The van der Waals surface area contributed by atoms with Crippen molar-refractivity contribution >= 4 is 5.91 Å². The molecule has 2 fully saturated rings. The number of hydrogen-bond donors (Lipinski definition) is 0. The Morgan fingerprint density at radius 3 is 2.44 bits per heavy atom. The van der Waals surface area contributed by atoms with E-state index >= 15 is 0 Å². The molecule has 150 valence electrons. The molecule has 0 radical (unpaired) electrons. The summed E-state index contributed by atoms with van der Waals surface area (Å²) < 4.78 is 5.52. The van der Waals surface area contributed by atoms with Crippen LogP contribution >= 0.6 is 0 Å². The van der Waals surface area contributed by atoms with Crippen LogP contribution in [0, 0.1) is 6.92 Å². The van der Waals surface area contributed by atoms with Crippen molar-refractivity contribution in [1.82, 2.24) is 9.80 Å². The van der Waals surface area contributed by atoms with Crippen molar-refractivity contribution in [2.45, 2.75) is 77.7 Å². The minimum Gasteiger partial charge on any atom is -0.427 e. The van der Waals surface area contributed by atoms with Crippen molar-refractivity contribution in [2.24, 2.45) is 0 Å². The molecule has 5 nitrogen and oxygen atoms in total. The van der Waals surface area contributed by atoms with Crippen molar-refractivity contribution in [2.75, 3.05) is 26.2 Å². The molecule has 1 amide bonds. The Labute approximate surface area is 162 Å². The number of carbonyl (C=O) groups is 1. The van der Waals surface area contributed by atoms with E-state index in [1.165, 1.54) is 32.1 Å². The van der Waals surface area contributed by atoms with Crippen LogP contribution in [0.25, 0.3) is 0 Å². The van der Waals surface area contributed by atoms with Crippen molar-refractivity contribution in [3.63, 3.8) is 0 Å². The Balaban J connectivity index is 1.67. The smallest absolute Gasteiger partial charge is 0.349 e. The zero-order chi connectivity index (χ0) is 19.4. The highest BCUT2D eigenvalue weighted by Gasteiger charge is 2.29. The van der Waals surface area contributed by atoms with Gasteiger partial charge in [0.25, 0.3) is 5.91 Å². The molecule has 1 saturated heterocycles. The average molecular weight is 375 g/mol. The van der Waals surface area contributed by atoms with Gasteiger partial charge in [0.05, 0.1) is 0 Å². The Morgan fingerprint density at radius 2 is 1.85 bits per heavy atom. The Kier molecular flexibility index (Phi) is 6.74. The third kappa shape index (κ3) is 4.63. The van der Waals surface area contributed by atoms with Crippen LogP contribution in [0.4, 0.5) is 0 Å². The molecule has 0 N–H and O–H groups in total. The monoisotopic (exact) mass is 374 g/mol. The lowest BCUT2D eigenvalue weighted by molar-refractivity contribution is 0.0518. The van der Waals surface area contributed by atoms with Gasteiger partial charge in [-0.2, -0.15) is 0 Å². The SMILES string of the molecule is CCCC(C)c1cc(C)c(C(=O)N2CCN(C3CCCCC3)CC2)c(=O)o1. The van der Waals surface area contributed by atoms with Gasteiger partial charge in [0.1, 0.15) is 11.3 Å². The van der Waals surface area contributed by atoms with E-state index in [1.54, 1.807) is 0 Å². The number of amides is 1. The summed E-state index contributed by atoms with van der Waals surface area (Å²) in [5.41, 5.74) is 0.477. The molecule has 2 aliphatic rings. The third-order valence-corrected chi connectivity index (χ3v) is 6.28. The summed E-state index contributed by atoms with van der Waals surface area (Å²) in [7, 11) is 0. The minimum absolute atomic E-state index is 0.167. The van der Waals surface area contributed by atoms with Gasteiger partial charge in [0, 0.05) is 38.1 Å². The van der Waals surface area contributed by atoms with Crippen LogP contribution < -0.4 is 5.63 Å². The van der Waals surface area contributed by atoms with Crippen molar-refractivity contribution in [1.29, 1.82) is 0 Å². The normalized spacial score (nSPS) is 20.6. The topological polar surface area (TPSA) is 53.8 Å². The van der Waals surface area contributed by atoms with Gasteiger partial charge in [-0.05, 0) is 37.8 Å². The maximum atomic E-state index is 13.0. The summed E-state index contributed by atoms with van der Waals surface area (Å²) in [6.07, 6.45) is 8.59. The van der Waals surface area contributed by atoms with E-state index in [9.17, 15) is 9.59 Å². The van der Waals surface area contributed by atoms with E-state index < -0.39 is 5.63 Å². The third-order valence-electron chi connectivity index (χ3n) is 6.28. The molecular weight excluding hydrogens is 340 g/mol. The average Bonchev–Trinajstić information content (AvgIpc) is 2.68. The van der Waals surface area contributed by atoms with Gasteiger partial charge >= 0.3 is 5.63 Å². The highest BCUT2D eigenvalue weighted by molar-refractivity contribution is 5.95. The van der Waals surface area contributed by atoms with Crippen LogP contribution in [-0.2, 0) is 0 Å². The second-order valence-electron chi connectivity index (χ2n) is 8.30. The molecule has 5 heteroatoms. The van der Waals surface area contributed by atoms with Gasteiger partial charge in [-0.15, -0.1) is 0 Å². The fourth-order valence-electron chi connectivity index (χ4n) is 4.60. The summed E-state index contributed by atoms with van der Waals surface area (Å²) in [4.78, 5) is 29.9. The second-order valence-corrected chi connectivity index (χ2v) is 8.30. The Morgan fingerprint density at radius 1 is 1.19 bits per heavy atom. The molecule has 2 heterocycles. The number of aryl methyl sites for hydroxylation is 1. The molecule has 1 saturated carbocycles. The second kappa shape index (κ2) is 9.05. The Bertz CT molecular complexity index is 698. The first kappa shape index (κ1) is 20.1.